The molecule has 0 aliphatic heterocycles. The zero-order valence-corrected chi connectivity index (χ0v) is 21.0. The molecule has 0 bridgehead atoms. The smallest absolute Gasteiger partial charge is 0.198 e. The maximum atomic E-state index is 5.21. The van der Waals surface area contributed by atoms with Crippen LogP contribution in [0, 0.1) is 0 Å². The molecule has 5 rings (SSSR count). The molecule has 6 nitrogen and oxygen atoms in total. The highest BCUT2D eigenvalue weighted by molar-refractivity contribution is 5.93. The predicted molar refractivity (Wildman–Crippen MR) is 129 cm³/mol. The average Bonchev–Trinajstić information content (AvgIpc) is 3.10. The molecule has 0 atom stereocenters. The zero-order chi connectivity index (χ0) is 23.4. The molecule has 0 radical (unpaired) electrons. The summed E-state index contributed by atoms with van der Waals surface area (Å²) >= 11 is 0. The molecule has 4 aromatic heterocycles. The number of imidazole rings is 1. The van der Waals surface area contributed by atoms with Crippen molar-refractivity contribution in [3.05, 3.63) is 35.0 Å². The van der Waals surface area contributed by atoms with Crippen molar-refractivity contribution in [1.29, 1.82) is 0 Å². The second-order valence-electron chi connectivity index (χ2n) is 12.8. The van der Waals surface area contributed by atoms with Gasteiger partial charge in [0.05, 0.1) is 16.8 Å². The average molecular weight is 431 g/mol. The zero-order valence-electron chi connectivity index (χ0n) is 21.0. The Morgan fingerprint density at radius 2 is 1.31 bits per heavy atom. The van der Waals surface area contributed by atoms with E-state index >= 15 is 0 Å². The van der Waals surface area contributed by atoms with Gasteiger partial charge in [0.25, 0.3) is 0 Å². The van der Waals surface area contributed by atoms with E-state index in [1.54, 1.807) is 0 Å². The van der Waals surface area contributed by atoms with Gasteiger partial charge in [-0.2, -0.15) is 0 Å². The van der Waals surface area contributed by atoms with Crippen LogP contribution in [0.1, 0.15) is 98.6 Å². The summed E-state index contributed by atoms with van der Waals surface area (Å²) in [6.07, 6.45) is 1.03. The van der Waals surface area contributed by atoms with Crippen LogP contribution in [-0.2, 0) is 21.7 Å². The Kier molecular flexibility index (Phi) is 4.00. The van der Waals surface area contributed by atoms with Crippen molar-refractivity contribution in [2.45, 2.75) is 97.3 Å². The first-order chi connectivity index (χ1) is 14.6. The van der Waals surface area contributed by atoms with Crippen molar-refractivity contribution < 1.29 is 0 Å². The second-order valence-corrected chi connectivity index (χ2v) is 12.8. The first-order valence-corrected chi connectivity index (χ1v) is 11.5. The summed E-state index contributed by atoms with van der Waals surface area (Å²) in [4.78, 5) is 25.3. The standard InChI is InChI=1S/C26H34N6/c1-23(2,3)15-12-11-14-18(27-15)31-22(24(4,5)6)32-20(14)30-19-21(32)29-17-16(28-19)25(7,8)13-26(17,9)10/h11-12H,13H2,1-10H3. The minimum absolute atomic E-state index is 0.0217. The molecule has 1 aliphatic carbocycles. The van der Waals surface area contributed by atoms with Crippen LogP contribution in [0.15, 0.2) is 12.1 Å². The largest absolute Gasteiger partial charge is 0.262 e. The van der Waals surface area contributed by atoms with E-state index in [1.165, 1.54) is 0 Å². The Balaban J connectivity index is 1.94. The predicted octanol–water partition coefficient (Wildman–Crippen LogP) is 5.77. The maximum absolute atomic E-state index is 5.21. The summed E-state index contributed by atoms with van der Waals surface area (Å²) < 4.78 is 2.12. The minimum atomic E-state index is -0.213. The Morgan fingerprint density at radius 3 is 1.91 bits per heavy atom. The van der Waals surface area contributed by atoms with Gasteiger partial charge in [0.2, 0.25) is 0 Å². The molecular formula is C26H34N6. The van der Waals surface area contributed by atoms with Gasteiger partial charge in [0.15, 0.2) is 22.6 Å². The van der Waals surface area contributed by atoms with Gasteiger partial charge < -0.3 is 0 Å². The van der Waals surface area contributed by atoms with Gasteiger partial charge >= 0.3 is 0 Å². The number of hydrogen-bond donors (Lipinski definition) is 0. The van der Waals surface area contributed by atoms with E-state index in [2.05, 4.69) is 85.8 Å². The van der Waals surface area contributed by atoms with Crippen molar-refractivity contribution in [3.63, 3.8) is 0 Å². The molecule has 6 heteroatoms. The van der Waals surface area contributed by atoms with E-state index < -0.39 is 0 Å². The van der Waals surface area contributed by atoms with E-state index in [9.17, 15) is 0 Å². The fraction of sp³-hybridized carbons (Fsp3) is 0.577. The van der Waals surface area contributed by atoms with Crippen LogP contribution in [0.3, 0.4) is 0 Å². The van der Waals surface area contributed by atoms with Crippen LogP contribution in [0.4, 0.5) is 0 Å². The van der Waals surface area contributed by atoms with Crippen LogP contribution in [-0.4, -0.2) is 29.3 Å². The van der Waals surface area contributed by atoms with E-state index in [-0.39, 0.29) is 21.7 Å². The van der Waals surface area contributed by atoms with Gasteiger partial charge in [-0.3, -0.25) is 4.40 Å². The maximum Gasteiger partial charge on any atom is 0.198 e. The van der Waals surface area contributed by atoms with Crippen molar-refractivity contribution in [1.82, 2.24) is 29.3 Å². The lowest BCUT2D eigenvalue weighted by molar-refractivity contribution is 0.396. The molecule has 0 saturated heterocycles. The molecule has 4 aromatic rings. The van der Waals surface area contributed by atoms with Gasteiger partial charge in [-0.25, -0.2) is 24.9 Å². The molecule has 0 aromatic carbocycles. The summed E-state index contributed by atoms with van der Waals surface area (Å²) in [5, 5.41) is 0.935. The molecule has 0 amide bonds. The molecule has 0 saturated carbocycles. The molecule has 168 valence electrons. The molecule has 1 aliphatic rings. The summed E-state index contributed by atoms with van der Waals surface area (Å²) in [5.41, 5.74) is 5.92. The van der Waals surface area contributed by atoms with Crippen molar-refractivity contribution in [2.24, 2.45) is 0 Å². The van der Waals surface area contributed by atoms with Crippen LogP contribution in [0.5, 0.6) is 0 Å². The molecule has 0 unspecified atom stereocenters. The monoisotopic (exact) mass is 430 g/mol. The number of pyridine rings is 1. The van der Waals surface area contributed by atoms with Gasteiger partial charge in [-0.1, -0.05) is 69.2 Å². The van der Waals surface area contributed by atoms with Crippen molar-refractivity contribution >= 4 is 28.0 Å². The van der Waals surface area contributed by atoms with Crippen LogP contribution >= 0.6 is 0 Å². The molecule has 32 heavy (non-hydrogen) atoms. The summed E-state index contributed by atoms with van der Waals surface area (Å²) in [6, 6.07) is 4.19. The Hall–Kier alpha value is -2.63. The fourth-order valence-electron chi connectivity index (χ4n) is 5.27. The van der Waals surface area contributed by atoms with Crippen LogP contribution < -0.4 is 0 Å². The highest BCUT2D eigenvalue weighted by atomic mass is 15.2. The lowest BCUT2D eigenvalue weighted by Crippen LogP contribution is -2.21. The van der Waals surface area contributed by atoms with E-state index in [0.717, 1.165) is 51.7 Å². The van der Waals surface area contributed by atoms with Gasteiger partial charge in [-0.05, 0) is 18.6 Å². The summed E-state index contributed by atoms with van der Waals surface area (Å²) in [6.45, 7) is 22.1. The van der Waals surface area contributed by atoms with E-state index in [4.69, 9.17) is 24.9 Å². The Morgan fingerprint density at radius 1 is 0.688 bits per heavy atom. The lowest BCUT2D eigenvalue weighted by Gasteiger charge is -2.22. The molecule has 4 heterocycles. The lowest BCUT2D eigenvalue weighted by atomic mass is 9.83. The minimum Gasteiger partial charge on any atom is -0.262 e. The molecule has 0 N–H and O–H groups in total. The summed E-state index contributed by atoms with van der Waals surface area (Å²) in [5.74, 6) is 0.908. The normalized spacial score (nSPS) is 18.1. The third-order valence-electron chi connectivity index (χ3n) is 6.64. The summed E-state index contributed by atoms with van der Waals surface area (Å²) in [7, 11) is 0. The SMILES string of the molecule is CC(C)(C)c1ccc2c(n1)nc(C(C)(C)C)n1c3nc4c(nc3nc21)C(C)(C)CC4(C)C. The van der Waals surface area contributed by atoms with E-state index in [0.29, 0.717) is 5.65 Å². The molecular weight excluding hydrogens is 396 g/mol. The van der Waals surface area contributed by atoms with Gasteiger partial charge in [-0.15, -0.1) is 0 Å². The van der Waals surface area contributed by atoms with Gasteiger partial charge in [0.1, 0.15) is 5.82 Å². The number of nitrogens with zero attached hydrogens (tertiary/aromatic N) is 6. The fourth-order valence-corrected chi connectivity index (χ4v) is 5.27. The number of aromatic nitrogens is 6. The van der Waals surface area contributed by atoms with E-state index in [1.807, 2.05) is 0 Å². The van der Waals surface area contributed by atoms with Crippen LogP contribution in [0.2, 0.25) is 0 Å². The third kappa shape index (κ3) is 2.95. The first kappa shape index (κ1) is 21.2. The number of fused-ring (bicyclic) bond motifs is 6. The molecule has 0 spiro atoms. The molecule has 0 fully saturated rings. The van der Waals surface area contributed by atoms with Crippen molar-refractivity contribution in [3.8, 4) is 0 Å². The van der Waals surface area contributed by atoms with Crippen LogP contribution in [0.25, 0.3) is 28.0 Å². The third-order valence-corrected chi connectivity index (χ3v) is 6.64. The first-order valence-electron chi connectivity index (χ1n) is 11.5. The number of rotatable bonds is 0. The second kappa shape index (κ2) is 6.03. The highest BCUT2D eigenvalue weighted by Crippen LogP contribution is 2.48. The topological polar surface area (TPSA) is 68.9 Å². The Bertz CT molecular complexity index is 1410. The quantitative estimate of drug-likeness (QED) is 0.354. The Labute approximate surface area is 189 Å². The highest BCUT2D eigenvalue weighted by Gasteiger charge is 2.45. The van der Waals surface area contributed by atoms with Gasteiger partial charge in [0, 0.05) is 27.4 Å². The van der Waals surface area contributed by atoms with Crippen molar-refractivity contribution in [2.75, 3.05) is 0 Å². The number of hydrogen-bond acceptors (Lipinski definition) is 5.